The SMILES string of the molecule is COCCn1ccc2c(NC(=O)Cc3ccc(Cl)c(Cl)c3)cccc2c1=O. The highest BCUT2D eigenvalue weighted by Crippen LogP contribution is 2.24. The number of carbonyl (C=O) groups is 1. The first-order valence-corrected chi connectivity index (χ1v) is 9.10. The van der Waals surface area contributed by atoms with Gasteiger partial charge in [-0.15, -0.1) is 0 Å². The minimum Gasteiger partial charge on any atom is -0.383 e. The van der Waals surface area contributed by atoms with Gasteiger partial charge in [-0.05, 0) is 35.9 Å². The normalized spacial score (nSPS) is 10.9. The molecule has 0 aliphatic rings. The second-order valence-corrected chi connectivity index (χ2v) is 6.86. The second kappa shape index (κ2) is 8.57. The van der Waals surface area contributed by atoms with E-state index in [0.29, 0.717) is 39.7 Å². The summed E-state index contributed by atoms with van der Waals surface area (Å²) in [6.45, 7) is 0.921. The summed E-state index contributed by atoms with van der Waals surface area (Å²) in [5.41, 5.74) is 1.22. The number of anilines is 1. The Morgan fingerprint density at radius 2 is 1.93 bits per heavy atom. The fourth-order valence-corrected chi connectivity index (χ4v) is 3.14. The highest BCUT2D eigenvalue weighted by Gasteiger charge is 2.10. The van der Waals surface area contributed by atoms with Gasteiger partial charge in [-0.1, -0.05) is 35.3 Å². The maximum atomic E-state index is 12.6. The molecule has 1 aromatic heterocycles. The Kier molecular flexibility index (Phi) is 6.16. The Hall–Kier alpha value is -2.34. The van der Waals surface area contributed by atoms with Crippen molar-refractivity contribution in [1.82, 2.24) is 4.57 Å². The number of hydrogen-bond donors (Lipinski definition) is 1. The summed E-state index contributed by atoms with van der Waals surface area (Å²) in [6, 6.07) is 12.2. The summed E-state index contributed by atoms with van der Waals surface area (Å²) < 4.78 is 6.62. The lowest BCUT2D eigenvalue weighted by Crippen LogP contribution is -2.22. The third-order valence-corrected chi connectivity index (χ3v) is 4.92. The van der Waals surface area contributed by atoms with E-state index in [1.54, 1.807) is 54.3 Å². The molecule has 1 amide bonds. The predicted molar refractivity (Wildman–Crippen MR) is 109 cm³/mol. The fraction of sp³-hybridized carbons (Fsp3) is 0.200. The van der Waals surface area contributed by atoms with Crippen LogP contribution in [-0.2, 0) is 22.5 Å². The standard InChI is InChI=1S/C20H18Cl2N2O3/c1-27-10-9-24-8-7-14-15(20(24)26)3-2-4-18(14)23-19(25)12-13-5-6-16(21)17(22)11-13/h2-8,11H,9-10,12H2,1H3,(H,23,25). The van der Waals surface area contributed by atoms with Gasteiger partial charge in [0.1, 0.15) is 0 Å². The van der Waals surface area contributed by atoms with Crippen LogP contribution in [0, 0.1) is 0 Å². The molecule has 5 nitrogen and oxygen atoms in total. The van der Waals surface area contributed by atoms with Gasteiger partial charge in [-0.3, -0.25) is 9.59 Å². The van der Waals surface area contributed by atoms with Crippen LogP contribution in [0.1, 0.15) is 5.56 Å². The van der Waals surface area contributed by atoms with Crippen LogP contribution >= 0.6 is 23.2 Å². The molecule has 3 aromatic rings. The average Bonchev–Trinajstić information content (AvgIpc) is 2.65. The van der Waals surface area contributed by atoms with E-state index in [-0.39, 0.29) is 17.9 Å². The molecule has 27 heavy (non-hydrogen) atoms. The van der Waals surface area contributed by atoms with Crippen molar-refractivity contribution in [3.05, 3.63) is 74.6 Å². The van der Waals surface area contributed by atoms with E-state index in [1.165, 1.54) is 0 Å². The van der Waals surface area contributed by atoms with E-state index in [2.05, 4.69) is 5.32 Å². The van der Waals surface area contributed by atoms with Gasteiger partial charge in [0.15, 0.2) is 0 Å². The zero-order valence-electron chi connectivity index (χ0n) is 14.7. The Morgan fingerprint density at radius 1 is 1.11 bits per heavy atom. The van der Waals surface area contributed by atoms with Crippen molar-refractivity contribution in [3.63, 3.8) is 0 Å². The third kappa shape index (κ3) is 4.50. The smallest absolute Gasteiger partial charge is 0.258 e. The van der Waals surface area contributed by atoms with Crippen molar-refractivity contribution >= 4 is 45.6 Å². The van der Waals surface area contributed by atoms with Crippen molar-refractivity contribution in [1.29, 1.82) is 0 Å². The van der Waals surface area contributed by atoms with Gasteiger partial charge >= 0.3 is 0 Å². The monoisotopic (exact) mass is 404 g/mol. The molecule has 0 bridgehead atoms. The summed E-state index contributed by atoms with van der Waals surface area (Å²) >= 11 is 11.9. The summed E-state index contributed by atoms with van der Waals surface area (Å²) in [4.78, 5) is 25.0. The van der Waals surface area contributed by atoms with Crippen molar-refractivity contribution < 1.29 is 9.53 Å². The Labute approximate surface area is 166 Å². The van der Waals surface area contributed by atoms with Crippen molar-refractivity contribution in [2.24, 2.45) is 0 Å². The molecule has 0 spiro atoms. The predicted octanol–water partition coefficient (Wildman–Crippen LogP) is 4.14. The molecule has 3 rings (SSSR count). The molecule has 2 aromatic carbocycles. The number of carbonyl (C=O) groups excluding carboxylic acids is 1. The van der Waals surface area contributed by atoms with E-state index in [9.17, 15) is 9.59 Å². The molecular formula is C20H18Cl2N2O3. The van der Waals surface area contributed by atoms with E-state index < -0.39 is 0 Å². The Morgan fingerprint density at radius 3 is 2.67 bits per heavy atom. The van der Waals surface area contributed by atoms with Crippen LogP contribution in [0.4, 0.5) is 5.69 Å². The number of nitrogens with one attached hydrogen (secondary N) is 1. The van der Waals surface area contributed by atoms with Crippen molar-refractivity contribution in [2.45, 2.75) is 13.0 Å². The van der Waals surface area contributed by atoms with Crippen molar-refractivity contribution in [2.75, 3.05) is 19.0 Å². The molecule has 0 atom stereocenters. The summed E-state index contributed by atoms with van der Waals surface area (Å²) in [5, 5.41) is 4.96. The number of pyridine rings is 1. The van der Waals surface area contributed by atoms with Crippen LogP contribution < -0.4 is 10.9 Å². The molecule has 0 aliphatic carbocycles. The van der Waals surface area contributed by atoms with Crippen LogP contribution in [0.2, 0.25) is 10.0 Å². The Bertz CT molecular complexity index is 1050. The third-order valence-electron chi connectivity index (χ3n) is 4.18. The zero-order valence-corrected chi connectivity index (χ0v) is 16.2. The van der Waals surface area contributed by atoms with Crippen molar-refractivity contribution in [3.8, 4) is 0 Å². The molecule has 1 heterocycles. The number of aromatic nitrogens is 1. The van der Waals surface area contributed by atoms with Crippen LogP contribution in [0.3, 0.4) is 0 Å². The highest BCUT2D eigenvalue weighted by atomic mass is 35.5. The molecule has 0 saturated carbocycles. The van der Waals surface area contributed by atoms with Gasteiger partial charge in [0.2, 0.25) is 5.91 Å². The van der Waals surface area contributed by atoms with E-state index in [4.69, 9.17) is 27.9 Å². The molecular weight excluding hydrogens is 387 g/mol. The number of benzene rings is 2. The summed E-state index contributed by atoms with van der Waals surface area (Å²) in [6.07, 6.45) is 1.86. The van der Waals surface area contributed by atoms with Gasteiger partial charge in [0, 0.05) is 36.3 Å². The number of methoxy groups -OCH3 is 1. The van der Waals surface area contributed by atoms with Gasteiger partial charge < -0.3 is 14.6 Å². The van der Waals surface area contributed by atoms with E-state index >= 15 is 0 Å². The molecule has 0 fully saturated rings. The summed E-state index contributed by atoms with van der Waals surface area (Å²) in [5.74, 6) is -0.204. The average molecular weight is 405 g/mol. The van der Waals surface area contributed by atoms with Crippen LogP contribution in [0.25, 0.3) is 10.8 Å². The number of halogens is 2. The first kappa shape index (κ1) is 19.4. The van der Waals surface area contributed by atoms with Gasteiger partial charge in [-0.2, -0.15) is 0 Å². The minimum absolute atomic E-state index is 0.120. The first-order valence-electron chi connectivity index (χ1n) is 8.34. The quantitative estimate of drug-likeness (QED) is 0.671. The van der Waals surface area contributed by atoms with Gasteiger partial charge in [0.05, 0.1) is 23.1 Å². The van der Waals surface area contributed by atoms with Gasteiger partial charge in [0.25, 0.3) is 5.56 Å². The summed E-state index contributed by atoms with van der Waals surface area (Å²) in [7, 11) is 1.59. The lowest BCUT2D eigenvalue weighted by Gasteiger charge is -2.11. The number of rotatable bonds is 6. The minimum atomic E-state index is -0.204. The van der Waals surface area contributed by atoms with Crippen LogP contribution in [0.15, 0.2) is 53.5 Å². The zero-order chi connectivity index (χ0) is 19.4. The van der Waals surface area contributed by atoms with Crippen LogP contribution in [0.5, 0.6) is 0 Å². The Balaban J connectivity index is 1.84. The number of nitrogens with zero attached hydrogens (tertiary/aromatic N) is 1. The molecule has 0 saturated heterocycles. The molecule has 7 heteroatoms. The van der Waals surface area contributed by atoms with Crippen LogP contribution in [-0.4, -0.2) is 24.2 Å². The number of fused-ring (bicyclic) bond motifs is 1. The lowest BCUT2D eigenvalue weighted by molar-refractivity contribution is -0.115. The molecule has 0 radical (unpaired) electrons. The second-order valence-electron chi connectivity index (χ2n) is 6.05. The number of amides is 1. The molecule has 140 valence electrons. The molecule has 1 N–H and O–H groups in total. The number of ether oxygens (including phenoxy) is 1. The largest absolute Gasteiger partial charge is 0.383 e. The molecule has 0 unspecified atom stereocenters. The lowest BCUT2D eigenvalue weighted by atomic mass is 10.1. The topological polar surface area (TPSA) is 60.3 Å². The maximum absolute atomic E-state index is 12.6. The van der Waals surface area contributed by atoms with E-state index in [1.807, 2.05) is 6.07 Å². The fourth-order valence-electron chi connectivity index (χ4n) is 2.82. The van der Waals surface area contributed by atoms with E-state index in [0.717, 1.165) is 5.56 Å². The first-order chi connectivity index (χ1) is 13.0. The highest BCUT2D eigenvalue weighted by molar-refractivity contribution is 6.42. The molecule has 0 aliphatic heterocycles. The number of hydrogen-bond acceptors (Lipinski definition) is 3. The van der Waals surface area contributed by atoms with Gasteiger partial charge in [-0.25, -0.2) is 0 Å². The maximum Gasteiger partial charge on any atom is 0.258 e.